The van der Waals surface area contributed by atoms with E-state index in [1.54, 1.807) is 0 Å². The van der Waals surface area contributed by atoms with E-state index in [0.29, 0.717) is 32.1 Å². The number of fused-ring (bicyclic) bond motifs is 7. The van der Waals surface area contributed by atoms with E-state index in [4.69, 9.17) is 37.9 Å². The molecule has 0 aromatic carbocycles. The molecule has 0 aromatic heterocycles. The molecule has 4 saturated heterocycles. The Kier molecular flexibility index (Phi) is 15.6. The third kappa shape index (κ3) is 8.99. The minimum atomic E-state index is -1.76. The molecule has 0 aromatic rings. The maximum atomic E-state index is 15.2. The summed E-state index contributed by atoms with van der Waals surface area (Å²) in [7, 11) is 0. The van der Waals surface area contributed by atoms with E-state index in [2.05, 4.69) is 54.5 Å². The summed E-state index contributed by atoms with van der Waals surface area (Å²) in [5.74, 6) is -0.970. The van der Waals surface area contributed by atoms with E-state index in [-0.39, 0.29) is 34.5 Å². The van der Waals surface area contributed by atoms with E-state index in [9.17, 15) is 61.3 Å². The Hall–Kier alpha value is -1.55. The van der Waals surface area contributed by atoms with Crippen LogP contribution < -0.4 is 0 Å². The quantitative estimate of drug-likeness (QED) is 0.0796. The minimum absolute atomic E-state index is 0.0888. The van der Waals surface area contributed by atoms with Crippen molar-refractivity contribution in [1.82, 2.24) is 0 Å². The summed E-state index contributed by atoms with van der Waals surface area (Å²) in [4.78, 5) is 15.2. The second-order valence-corrected chi connectivity index (χ2v) is 25.9. The van der Waals surface area contributed by atoms with Gasteiger partial charge in [-0.2, -0.15) is 0 Å². The summed E-state index contributed by atoms with van der Waals surface area (Å²) in [5, 5.41) is 131. The van der Waals surface area contributed by atoms with Gasteiger partial charge in [0.1, 0.15) is 78.7 Å². The summed E-state index contributed by atoms with van der Waals surface area (Å²) >= 11 is 0. The van der Waals surface area contributed by atoms with Gasteiger partial charge in [0.25, 0.3) is 0 Å². The first-order valence-corrected chi connectivity index (χ1v) is 27.0. The van der Waals surface area contributed by atoms with Crippen molar-refractivity contribution in [1.29, 1.82) is 0 Å². The number of esters is 1. The molecule has 12 N–H and O–H groups in total. The molecule has 21 nitrogen and oxygen atoms in total. The van der Waals surface area contributed by atoms with Gasteiger partial charge in [-0.05, 0) is 116 Å². The average molecular weight is 1060 g/mol. The van der Waals surface area contributed by atoms with Gasteiger partial charge in [0.05, 0.1) is 37.6 Å². The summed E-state index contributed by atoms with van der Waals surface area (Å²) < 4.78 is 48.4. The van der Waals surface area contributed by atoms with Crippen molar-refractivity contribution in [2.45, 2.75) is 249 Å². The number of carbonyl (C=O) groups is 1. The van der Waals surface area contributed by atoms with E-state index >= 15 is 4.79 Å². The smallest absolute Gasteiger partial charge is 0.317 e. The average Bonchev–Trinajstić information content (AvgIpc) is 3.34. The molecule has 21 heteroatoms. The van der Waals surface area contributed by atoms with Crippen LogP contribution in [0.4, 0.5) is 0 Å². The Balaban J connectivity index is 0.970. The van der Waals surface area contributed by atoms with Crippen LogP contribution in [-0.4, -0.2) is 209 Å². The van der Waals surface area contributed by atoms with Crippen LogP contribution in [-0.2, 0) is 42.7 Å². The SMILES string of the molecule is CC1OC(OC2C(OC(=O)C34CCC(C)(C)CC3C3=CCC5C6(C)CCC(OC7OC(CO)C(O)C(O)C7OC7OC(C)C(O)C(O)C7O)C(C)(C)C6CCC5(C)C3(C)CC4O)OCC(O)C2O)C(O)C(O)C1O. The Labute approximate surface area is 433 Å². The first-order valence-electron chi connectivity index (χ1n) is 27.0. The Morgan fingerprint density at radius 2 is 1.22 bits per heavy atom. The van der Waals surface area contributed by atoms with Gasteiger partial charge in [0.15, 0.2) is 25.0 Å². The minimum Gasteiger partial charge on any atom is -0.432 e. The fourth-order valence-corrected chi connectivity index (χ4v) is 16.2. The molecule has 4 aliphatic heterocycles. The molecule has 74 heavy (non-hydrogen) atoms. The topological polar surface area (TPSA) is 334 Å². The fraction of sp³-hybridized carbons (Fsp3) is 0.943. The molecule has 28 atom stereocenters. The maximum absolute atomic E-state index is 15.2. The number of ether oxygens (including phenoxy) is 8. The summed E-state index contributed by atoms with van der Waals surface area (Å²) in [6.45, 7) is 17.5. The first kappa shape index (κ1) is 57.1. The van der Waals surface area contributed by atoms with Gasteiger partial charge in [-0.25, -0.2) is 0 Å². The summed E-state index contributed by atoms with van der Waals surface area (Å²) in [6, 6.07) is 0. The molecule has 0 radical (unpaired) electrons. The van der Waals surface area contributed by atoms with Crippen LogP contribution in [0.2, 0.25) is 0 Å². The van der Waals surface area contributed by atoms with Crippen LogP contribution in [0.15, 0.2) is 11.6 Å². The largest absolute Gasteiger partial charge is 0.432 e. The Bertz CT molecular complexity index is 2060. The summed E-state index contributed by atoms with van der Waals surface area (Å²) in [5.41, 5.74) is -2.24. The standard InChI is InChI=1S/C53H86O21/c1-22-32(57)36(61)39(64)43(68-22)72-41-34(59)26(55)21-67-45(41)74-47(66)53-17-16-48(3,4)18-25(53)24-10-11-29-50(7)14-13-31(49(5,6)28(50)12-15-51(29,8)52(24,9)19-30(53)56)71-46-42(38(63)35(60)27(20-54)70-46)73-44-40(65)37(62)33(58)23(2)69-44/h10,22-23,25-46,54-65H,11-21H2,1-9H3. The molecule has 9 rings (SSSR count). The molecule has 424 valence electrons. The van der Waals surface area contributed by atoms with Crippen LogP contribution >= 0.6 is 0 Å². The third-order valence-electron chi connectivity index (χ3n) is 21.0. The number of allylic oxidation sites excluding steroid dienone is 2. The molecule has 8 fully saturated rings. The lowest BCUT2D eigenvalue weighted by atomic mass is 9.33. The molecule has 28 unspecified atom stereocenters. The second kappa shape index (κ2) is 20.2. The van der Waals surface area contributed by atoms with E-state index in [1.165, 1.54) is 13.8 Å². The number of rotatable bonds is 9. The van der Waals surface area contributed by atoms with Crippen molar-refractivity contribution < 1.29 is 104 Å². The van der Waals surface area contributed by atoms with Crippen molar-refractivity contribution in [3.8, 4) is 0 Å². The zero-order chi connectivity index (χ0) is 54.2. The van der Waals surface area contributed by atoms with Gasteiger partial charge in [0.2, 0.25) is 6.29 Å². The monoisotopic (exact) mass is 1060 g/mol. The van der Waals surface area contributed by atoms with Crippen molar-refractivity contribution >= 4 is 5.97 Å². The van der Waals surface area contributed by atoms with Crippen LogP contribution in [0.1, 0.15) is 120 Å². The molecular formula is C53H86O21. The molecule has 0 bridgehead atoms. The lowest BCUT2D eigenvalue weighted by Crippen LogP contribution is -2.68. The second-order valence-electron chi connectivity index (χ2n) is 25.9. The van der Waals surface area contributed by atoms with Crippen LogP contribution in [0.25, 0.3) is 0 Å². The molecule has 4 heterocycles. The molecule has 0 amide bonds. The summed E-state index contributed by atoms with van der Waals surface area (Å²) in [6.07, 6.45) is -22.2. The number of aliphatic hydroxyl groups is 12. The molecule has 5 aliphatic carbocycles. The van der Waals surface area contributed by atoms with Gasteiger partial charge in [-0.3, -0.25) is 4.79 Å². The molecule has 0 spiro atoms. The predicted molar refractivity (Wildman–Crippen MR) is 255 cm³/mol. The highest BCUT2D eigenvalue weighted by Gasteiger charge is 2.72. The normalized spacial score (nSPS) is 55.1. The van der Waals surface area contributed by atoms with Gasteiger partial charge in [-0.15, -0.1) is 0 Å². The predicted octanol–water partition coefficient (Wildman–Crippen LogP) is -0.370. The highest BCUT2D eigenvalue weighted by molar-refractivity contribution is 5.80. The van der Waals surface area contributed by atoms with Crippen molar-refractivity contribution in [3.05, 3.63) is 11.6 Å². The zero-order valence-electron chi connectivity index (χ0n) is 44.3. The van der Waals surface area contributed by atoms with E-state index in [1.807, 2.05) is 0 Å². The lowest BCUT2D eigenvalue weighted by molar-refractivity contribution is -0.376. The highest BCUT2D eigenvalue weighted by atomic mass is 16.8. The number of hydrogen-bond acceptors (Lipinski definition) is 21. The van der Waals surface area contributed by atoms with Crippen LogP contribution in [0.3, 0.4) is 0 Å². The van der Waals surface area contributed by atoms with Crippen LogP contribution in [0.5, 0.6) is 0 Å². The highest BCUT2D eigenvalue weighted by Crippen LogP contribution is 2.76. The molecular weight excluding hydrogens is 973 g/mol. The van der Waals surface area contributed by atoms with Gasteiger partial charge >= 0.3 is 5.97 Å². The maximum Gasteiger partial charge on any atom is 0.317 e. The number of hydrogen-bond donors (Lipinski definition) is 12. The number of aliphatic hydroxyl groups excluding tert-OH is 12. The Morgan fingerprint density at radius 3 is 1.81 bits per heavy atom. The zero-order valence-corrected chi connectivity index (χ0v) is 44.3. The molecule has 4 saturated carbocycles. The van der Waals surface area contributed by atoms with Crippen molar-refractivity contribution in [3.63, 3.8) is 0 Å². The van der Waals surface area contributed by atoms with E-state index in [0.717, 1.165) is 24.8 Å². The van der Waals surface area contributed by atoms with Gasteiger partial charge < -0.3 is 99.2 Å². The third-order valence-corrected chi connectivity index (χ3v) is 21.0. The molecule has 9 aliphatic rings. The van der Waals surface area contributed by atoms with Crippen molar-refractivity contribution in [2.24, 2.45) is 50.2 Å². The van der Waals surface area contributed by atoms with E-state index < -0.39 is 170 Å². The van der Waals surface area contributed by atoms with Crippen molar-refractivity contribution in [2.75, 3.05) is 13.2 Å². The van der Waals surface area contributed by atoms with Crippen LogP contribution in [0, 0.1) is 50.2 Å². The lowest BCUT2D eigenvalue weighted by Gasteiger charge is -2.71. The van der Waals surface area contributed by atoms with Gasteiger partial charge in [0, 0.05) is 0 Å². The first-order chi connectivity index (χ1) is 34.5. The number of carbonyl (C=O) groups excluding carboxylic acids is 1. The fourth-order valence-electron chi connectivity index (χ4n) is 16.2. The van der Waals surface area contributed by atoms with Gasteiger partial charge in [-0.1, -0.05) is 60.1 Å². The Morgan fingerprint density at radius 1 is 0.622 bits per heavy atom.